The van der Waals surface area contributed by atoms with Crippen molar-refractivity contribution < 1.29 is 63.9 Å². The van der Waals surface area contributed by atoms with Gasteiger partial charge in [0.25, 0.3) is 0 Å². The fourth-order valence-electron chi connectivity index (χ4n) is 8.47. The Hall–Kier alpha value is -0.129. The summed E-state index contributed by atoms with van der Waals surface area (Å²) in [6, 6.07) is 0.502. The molecular formula is C41H84O13Si3. The van der Waals surface area contributed by atoms with Crippen molar-refractivity contribution in [2.24, 2.45) is 5.41 Å². The van der Waals surface area contributed by atoms with Gasteiger partial charge >= 0.3 is 0 Å². The maximum atomic E-state index is 11.6. The van der Waals surface area contributed by atoms with Gasteiger partial charge in [-0.25, -0.2) is 0 Å². The van der Waals surface area contributed by atoms with E-state index in [1.807, 2.05) is 5.70 Å². The van der Waals surface area contributed by atoms with Gasteiger partial charge in [-0.05, 0) is 68.2 Å². The van der Waals surface area contributed by atoms with E-state index < -0.39 is 104 Å². The average Bonchev–Trinajstić information content (AvgIpc) is 3.11. The van der Waals surface area contributed by atoms with Gasteiger partial charge in [-0.1, -0.05) is 84.6 Å². The van der Waals surface area contributed by atoms with Crippen molar-refractivity contribution in [2.45, 2.75) is 203 Å². The molecule has 2 heterocycles. The van der Waals surface area contributed by atoms with E-state index in [2.05, 4.69) is 66.6 Å². The molecule has 2 fully saturated rings. The molecule has 0 aliphatic carbocycles. The predicted molar refractivity (Wildman–Crippen MR) is 231 cm³/mol. The number of rotatable bonds is 28. The molecule has 2 rings (SSSR count). The van der Waals surface area contributed by atoms with Crippen molar-refractivity contribution >= 4 is 24.7 Å². The van der Waals surface area contributed by atoms with Gasteiger partial charge in [0.1, 0.15) is 48.8 Å². The summed E-state index contributed by atoms with van der Waals surface area (Å²) in [4.78, 5) is 0. The molecule has 12 atom stereocenters. The lowest BCUT2D eigenvalue weighted by molar-refractivity contribution is -0.247. The molecule has 0 aromatic carbocycles. The van der Waals surface area contributed by atoms with E-state index in [-0.39, 0.29) is 31.1 Å². The third-order valence-electron chi connectivity index (χ3n) is 12.4. The normalized spacial score (nSPS) is 31.2. The molecule has 0 saturated carbocycles. The van der Waals surface area contributed by atoms with Crippen molar-refractivity contribution in [3.63, 3.8) is 0 Å². The summed E-state index contributed by atoms with van der Waals surface area (Å²) in [5.74, 6) is 0. The summed E-state index contributed by atoms with van der Waals surface area (Å²) in [6.07, 6.45) is -1.82. The number of hydrogen-bond acceptors (Lipinski definition) is 13. The Morgan fingerprint density at radius 2 is 1.04 bits per heavy atom. The fourth-order valence-corrected chi connectivity index (χ4v) is 17.7. The van der Waals surface area contributed by atoms with Crippen LogP contribution in [0, 0.1) is 5.41 Å². The molecule has 2 aliphatic rings. The van der Waals surface area contributed by atoms with Crippen LogP contribution in [0.4, 0.5) is 0 Å². The molecule has 0 spiro atoms. The van der Waals surface area contributed by atoms with Crippen molar-refractivity contribution in [1.82, 2.24) is 0 Å². The third-order valence-corrected chi connectivity index (χ3v) is 23.5. The minimum atomic E-state index is -3.14. The predicted octanol–water partition coefficient (Wildman–Crippen LogP) is 4.18. The van der Waals surface area contributed by atoms with Crippen LogP contribution < -0.4 is 0 Å². The van der Waals surface area contributed by atoms with Crippen LogP contribution >= 0.6 is 0 Å². The van der Waals surface area contributed by atoms with Crippen LogP contribution in [0.3, 0.4) is 0 Å². The summed E-state index contributed by atoms with van der Waals surface area (Å²) in [5.41, 5.74) is 1.30. The second-order valence-corrected chi connectivity index (χ2v) is 34.0. The van der Waals surface area contributed by atoms with Crippen molar-refractivity contribution in [3.8, 4) is 0 Å². The average molecular weight is 869 g/mol. The van der Waals surface area contributed by atoms with E-state index in [0.717, 1.165) is 44.9 Å². The van der Waals surface area contributed by atoms with Crippen LogP contribution in [-0.2, 0) is 23.1 Å². The Labute approximate surface area is 347 Å². The zero-order valence-electron chi connectivity index (χ0n) is 36.9. The first-order valence-corrected chi connectivity index (χ1v) is 30.9. The van der Waals surface area contributed by atoms with Gasteiger partial charge in [0.15, 0.2) is 8.32 Å². The molecule has 13 nitrogen and oxygen atoms in total. The first kappa shape index (κ1) is 53.0. The van der Waals surface area contributed by atoms with Crippen LogP contribution in [0.1, 0.15) is 91.4 Å². The topological polar surface area (TPSA) is 208 Å². The molecule has 0 bridgehead atoms. The molecule has 0 aromatic heterocycles. The van der Waals surface area contributed by atoms with Gasteiger partial charge in [-0.15, -0.1) is 6.58 Å². The lowest BCUT2D eigenvalue weighted by Gasteiger charge is -2.49. The van der Waals surface area contributed by atoms with Gasteiger partial charge in [0.05, 0.1) is 38.3 Å². The molecule has 57 heavy (non-hydrogen) atoms. The molecule has 2 aliphatic heterocycles. The van der Waals surface area contributed by atoms with Crippen LogP contribution in [0.25, 0.3) is 0 Å². The van der Waals surface area contributed by atoms with Gasteiger partial charge in [0, 0.05) is 21.3 Å². The summed E-state index contributed by atoms with van der Waals surface area (Å²) >= 11 is 0. The monoisotopic (exact) mass is 869 g/mol. The van der Waals surface area contributed by atoms with Crippen molar-refractivity contribution in [2.75, 3.05) is 39.3 Å². The lowest BCUT2D eigenvalue weighted by atomic mass is 9.83. The number of ether oxygens (including phenoxy) is 4. The van der Waals surface area contributed by atoms with Crippen LogP contribution in [0.2, 0.25) is 50.4 Å². The number of aliphatic hydroxyl groups excluding tert-OH is 8. The SMILES string of the molecule is C=C[Si](COC1C(O)C(CO)OC(CCCCCCO)C1O)(CC(C)(COC1C(O)C(CO)OC(CCCCCCO)C1O)CC(C)(C)[Si](C)(C)C)O[Si](C)(C)C. The maximum absolute atomic E-state index is 11.6. The lowest BCUT2D eigenvalue weighted by Crippen LogP contribution is -2.62. The highest BCUT2D eigenvalue weighted by atomic mass is 28.4. The van der Waals surface area contributed by atoms with E-state index in [0.29, 0.717) is 31.7 Å². The Balaban J connectivity index is 2.47. The molecule has 0 amide bonds. The summed E-state index contributed by atoms with van der Waals surface area (Å²) in [6.45, 7) is 23.9. The second kappa shape index (κ2) is 23.9. The van der Waals surface area contributed by atoms with E-state index >= 15 is 0 Å². The standard InChI is InChI=1S/C41H84O13Si3/c1-11-57(54-56(8,9)10,29-51-39-35(47)31(21-17-13-15-19-23-43)53-33(25-45)37(39)49)28-41(4,26-40(2,3)55(5,6)7)27-50-38-34(46)30(20-16-12-14-18-22-42)52-32(24-44)36(38)48/h11,30-39,42-49H,1,12-29H2,2-10H3. The molecule has 8 N–H and O–H groups in total. The zero-order valence-corrected chi connectivity index (χ0v) is 39.9. The molecular weight excluding hydrogens is 785 g/mol. The van der Waals surface area contributed by atoms with Crippen LogP contribution in [-0.4, -0.2) is 166 Å². The second-order valence-electron chi connectivity index (χ2n) is 19.9. The third kappa shape index (κ3) is 16.3. The zero-order chi connectivity index (χ0) is 43.2. The Morgan fingerprint density at radius 1 is 0.614 bits per heavy atom. The van der Waals surface area contributed by atoms with E-state index in [1.165, 1.54) is 0 Å². The highest BCUT2D eigenvalue weighted by molar-refractivity contribution is 6.88. The molecule has 16 heteroatoms. The van der Waals surface area contributed by atoms with Crippen molar-refractivity contribution in [1.29, 1.82) is 0 Å². The summed E-state index contributed by atoms with van der Waals surface area (Å²) in [5, 5.41) is 84.4. The summed E-state index contributed by atoms with van der Waals surface area (Å²) in [7, 11) is -7.21. The molecule has 0 radical (unpaired) electrons. The number of unbranched alkanes of at least 4 members (excludes halogenated alkanes) is 6. The van der Waals surface area contributed by atoms with Crippen LogP contribution in [0.5, 0.6) is 0 Å². The summed E-state index contributed by atoms with van der Waals surface area (Å²) < 4.78 is 32.3. The maximum Gasteiger partial charge on any atom is 0.231 e. The Bertz CT molecular complexity index is 1140. The molecule has 12 unspecified atom stereocenters. The van der Waals surface area contributed by atoms with E-state index in [1.54, 1.807) is 0 Å². The van der Waals surface area contributed by atoms with Gasteiger partial charge in [-0.2, -0.15) is 0 Å². The molecule has 2 saturated heterocycles. The Morgan fingerprint density at radius 3 is 1.42 bits per heavy atom. The molecule has 338 valence electrons. The van der Waals surface area contributed by atoms with Crippen LogP contribution in [0.15, 0.2) is 12.3 Å². The molecule has 0 aromatic rings. The first-order chi connectivity index (χ1) is 26.5. The van der Waals surface area contributed by atoms with Crippen molar-refractivity contribution in [3.05, 3.63) is 12.3 Å². The van der Waals surface area contributed by atoms with Gasteiger partial charge in [0.2, 0.25) is 8.32 Å². The largest absolute Gasteiger partial charge is 0.451 e. The highest BCUT2D eigenvalue weighted by Crippen LogP contribution is 2.50. The quantitative estimate of drug-likeness (QED) is 0.0411. The van der Waals surface area contributed by atoms with Gasteiger partial charge < -0.3 is 63.9 Å². The minimum absolute atomic E-state index is 0.0807. The van der Waals surface area contributed by atoms with Gasteiger partial charge in [-0.3, -0.25) is 0 Å². The smallest absolute Gasteiger partial charge is 0.231 e. The Kier molecular flexibility index (Phi) is 22.2. The van der Waals surface area contributed by atoms with E-state index in [4.69, 9.17) is 33.3 Å². The minimum Gasteiger partial charge on any atom is -0.451 e. The number of hydrogen-bond donors (Lipinski definition) is 8. The fraction of sp³-hybridized carbons (Fsp3) is 0.951. The van der Waals surface area contributed by atoms with E-state index in [9.17, 15) is 30.6 Å². The first-order valence-electron chi connectivity index (χ1n) is 21.6. The number of aliphatic hydroxyl groups is 8. The highest BCUT2D eigenvalue weighted by Gasteiger charge is 2.52.